The van der Waals surface area contributed by atoms with E-state index in [-0.39, 0.29) is 12.3 Å². The summed E-state index contributed by atoms with van der Waals surface area (Å²) >= 11 is 0. The molecule has 1 amide bonds. The number of carbonyl (C=O) groups excluding carboxylic acids is 2. The lowest BCUT2D eigenvalue weighted by Gasteiger charge is -2.13. The number of anilines is 1. The zero-order chi connectivity index (χ0) is 18.4. The first-order chi connectivity index (χ1) is 12.6. The summed E-state index contributed by atoms with van der Waals surface area (Å²) in [5.74, 6) is -0.987. The highest BCUT2D eigenvalue weighted by Crippen LogP contribution is 2.27. The molecule has 3 heteroatoms. The Morgan fingerprint density at radius 3 is 2.08 bits per heavy atom. The monoisotopic (exact) mass is 343 g/mol. The van der Waals surface area contributed by atoms with Gasteiger partial charge in [-0.1, -0.05) is 85.8 Å². The summed E-state index contributed by atoms with van der Waals surface area (Å²) in [5, 5.41) is 2.78. The molecule has 0 aliphatic heterocycles. The Morgan fingerprint density at radius 1 is 0.808 bits per heavy atom. The zero-order valence-electron chi connectivity index (χ0n) is 14.7. The van der Waals surface area contributed by atoms with Crippen LogP contribution in [0.25, 0.3) is 11.1 Å². The number of nitrogens with one attached hydrogen (secondary N) is 1. The topological polar surface area (TPSA) is 46.2 Å². The van der Waals surface area contributed by atoms with Crippen molar-refractivity contribution in [3.63, 3.8) is 0 Å². The minimum Gasteiger partial charge on any atom is -0.319 e. The van der Waals surface area contributed by atoms with Crippen molar-refractivity contribution < 1.29 is 9.59 Å². The number of ketones is 1. The van der Waals surface area contributed by atoms with Crippen molar-refractivity contribution in [2.24, 2.45) is 0 Å². The normalized spacial score (nSPS) is 11.6. The molecular formula is C23H21NO2. The fraction of sp³-hybridized carbons (Fsp3) is 0.130. The van der Waals surface area contributed by atoms with Crippen LogP contribution in [0.1, 0.15) is 24.8 Å². The van der Waals surface area contributed by atoms with Gasteiger partial charge in [-0.3, -0.25) is 9.59 Å². The lowest BCUT2D eigenvalue weighted by molar-refractivity contribution is -0.135. The molecule has 3 nitrogen and oxygen atoms in total. The summed E-state index contributed by atoms with van der Waals surface area (Å²) in [4.78, 5) is 24.8. The maximum Gasteiger partial charge on any atom is 0.291 e. The van der Waals surface area contributed by atoms with Gasteiger partial charge in [0.1, 0.15) is 0 Å². The Bertz CT molecular complexity index is 888. The second-order valence-electron chi connectivity index (χ2n) is 6.30. The molecule has 0 bridgehead atoms. The minimum atomic E-state index is -0.573. The molecule has 0 saturated carbocycles. The number of benzene rings is 3. The van der Waals surface area contributed by atoms with E-state index in [0.717, 1.165) is 16.7 Å². The maximum atomic E-state index is 12.4. The predicted octanol–water partition coefficient (Wildman–Crippen LogP) is 5.06. The second-order valence-corrected chi connectivity index (χ2v) is 6.30. The standard InChI is InChI=1S/C23H21NO2/c1-17(18-10-4-2-5-11-18)16-22(25)23(26)24-21-15-9-8-14-20(21)19-12-6-3-7-13-19/h2-15,17H,16H2,1H3,(H,24,26)/t17-/m0/s1. The van der Waals surface area contributed by atoms with Gasteiger partial charge in [0.05, 0.1) is 0 Å². The van der Waals surface area contributed by atoms with Crippen LogP contribution in [0.3, 0.4) is 0 Å². The van der Waals surface area contributed by atoms with Crippen molar-refractivity contribution in [1.29, 1.82) is 0 Å². The number of hydrogen-bond acceptors (Lipinski definition) is 2. The van der Waals surface area contributed by atoms with Gasteiger partial charge in [0.15, 0.2) is 0 Å². The summed E-state index contributed by atoms with van der Waals surface area (Å²) < 4.78 is 0. The lowest BCUT2D eigenvalue weighted by Crippen LogP contribution is -2.24. The third-order valence-electron chi connectivity index (χ3n) is 4.37. The van der Waals surface area contributed by atoms with E-state index in [1.807, 2.05) is 91.9 Å². The summed E-state index contributed by atoms with van der Waals surface area (Å²) in [6.07, 6.45) is 0.184. The van der Waals surface area contributed by atoms with Gasteiger partial charge in [-0.15, -0.1) is 0 Å². The van der Waals surface area contributed by atoms with Crippen LogP contribution < -0.4 is 5.32 Å². The molecule has 0 unspecified atom stereocenters. The van der Waals surface area contributed by atoms with Gasteiger partial charge in [-0.05, 0) is 23.1 Å². The largest absolute Gasteiger partial charge is 0.319 e. The van der Waals surface area contributed by atoms with E-state index < -0.39 is 11.7 Å². The van der Waals surface area contributed by atoms with Gasteiger partial charge < -0.3 is 5.32 Å². The average molecular weight is 343 g/mol. The third-order valence-corrected chi connectivity index (χ3v) is 4.37. The Hall–Kier alpha value is -3.20. The molecule has 26 heavy (non-hydrogen) atoms. The van der Waals surface area contributed by atoms with E-state index in [1.165, 1.54) is 0 Å². The number of hydrogen-bond donors (Lipinski definition) is 1. The lowest BCUT2D eigenvalue weighted by atomic mass is 9.95. The van der Waals surface area contributed by atoms with Crippen LogP contribution in [0.15, 0.2) is 84.9 Å². The quantitative estimate of drug-likeness (QED) is 0.636. The molecular weight excluding hydrogens is 322 g/mol. The molecule has 0 aromatic heterocycles. The molecule has 0 aliphatic carbocycles. The fourth-order valence-electron chi connectivity index (χ4n) is 2.92. The second kappa shape index (κ2) is 8.26. The first-order valence-electron chi connectivity index (χ1n) is 8.68. The van der Waals surface area contributed by atoms with Crippen molar-refractivity contribution in [2.75, 3.05) is 5.32 Å². The Balaban J connectivity index is 1.71. The fourth-order valence-corrected chi connectivity index (χ4v) is 2.92. The number of amides is 1. The molecule has 130 valence electrons. The van der Waals surface area contributed by atoms with Crippen LogP contribution >= 0.6 is 0 Å². The van der Waals surface area contributed by atoms with Crippen molar-refractivity contribution >= 4 is 17.4 Å². The highest BCUT2D eigenvalue weighted by molar-refractivity contribution is 6.41. The maximum absolute atomic E-state index is 12.4. The molecule has 0 saturated heterocycles. The Kier molecular flexibility index (Phi) is 5.59. The van der Waals surface area contributed by atoms with Gasteiger partial charge in [0.2, 0.25) is 5.78 Å². The van der Waals surface area contributed by atoms with Crippen molar-refractivity contribution in [3.8, 4) is 11.1 Å². The summed E-state index contributed by atoms with van der Waals surface area (Å²) in [5.41, 5.74) is 3.58. The van der Waals surface area contributed by atoms with E-state index in [1.54, 1.807) is 0 Å². The van der Waals surface area contributed by atoms with Crippen molar-refractivity contribution in [1.82, 2.24) is 0 Å². The van der Waals surface area contributed by atoms with Crippen LogP contribution in [0, 0.1) is 0 Å². The first kappa shape index (κ1) is 17.6. The van der Waals surface area contributed by atoms with Gasteiger partial charge >= 0.3 is 0 Å². The molecule has 0 heterocycles. The molecule has 0 fully saturated rings. The van der Waals surface area contributed by atoms with Crippen molar-refractivity contribution in [2.45, 2.75) is 19.3 Å². The molecule has 1 atom stereocenters. The molecule has 1 N–H and O–H groups in total. The average Bonchev–Trinajstić information content (AvgIpc) is 2.69. The molecule has 0 aliphatic rings. The van der Waals surface area contributed by atoms with Crippen LogP contribution in [0.2, 0.25) is 0 Å². The smallest absolute Gasteiger partial charge is 0.291 e. The summed E-state index contributed by atoms with van der Waals surface area (Å²) in [6, 6.07) is 27.0. The van der Waals surface area contributed by atoms with Crippen LogP contribution in [0.5, 0.6) is 0 Å². The summed E-state index contributed by atoms with van der Waals surface area (Å²) in [6.45, 7) is 1.96. The van der Waals surface area contributed by atoms with Gasteiger partial charge in [-0.2, -0.15) is 0 Å². The van der Waals surface area contributed by atoms with Crippen LogP contribution in [-0.4, -0.2) is 11.7 Å². The van der Waals surface area contributed by atoms with E-state index >= 15 is 0 Å². The van der Waals surface area contributed by atoms with Gasteiger partial charge in [0.25, 0.3) is 5.91 Å². The number of Topliss-reactive ketones (excluding diaryl/α,β-unsaturated/α-hetero) is 1. The van der Waals surface area contributed by atoms with Gasteiger partial charge in [-0.25, -0.2) is 0 Å². The number of carbonyl (C=O) groups is 2. The van der Waals surface area contributed by atoms with Crippen molar-refractivity contribution in [3.05, 3.63) is 90.5 Å². The molecule has 3 aromatic carbocycles. The molecule has 3 rings (SSSR count). The Labute approximate surface area is 153 Å². The first-order valence-corrected chi connectivity index (χ1v) is 8.68. The Morgan fingerprint density at radius 2 is 1.38 bits per heavy atom. The molecule has 3 aromatic rings. The molecule has 0 radical (unpaired) electrons. The molecule has 0 spiro atoms. The van der Waals surface area contributed by atoms with Gasteiger partial charge in [0, 0.05) is 17.7 Å². The SMILES string of the molecule is C[C@@H](CC(=O)C(=O)Nc1ccccc1-c1ccccc1)c1ccccc1. The van der Waals surface area contributed by atoms with E-state index in [2.05, 4.69) is 5.32 Å². The minimum absolute atomic E-state index is 0.00110. The van der Waals surface area contributed by atoms with Crippen LogP contribution in [-0.2, 0) is 9.59 Å². The third kappa shape index (κ3) is 4.25. The van der Waals surface area contributed by atoms with Crippen LogP contribution in [0.4, 0.5) is 5.69 Å². The highest BCUT2D eigenvalue weighted by Gasteiger charge is 2.19. The summed E-state index contributed by atoms with van der Waals surface area (Å²) in [7, 11) is 0. The highest BCUT2D eigenvalue weighted by atomic mass is 16.2. The zero-order valence-corrected chi connectivity index (χ0v) is 14.7. The number of para-hydroxylation sites is 1. The number of rotatable bonds is 6. The van der Waals surface area contributed by atoms with E-state index in [9.17, 15) is 9.59 Å². The van der Waals surface area contributed by atoms with E-state index in [4.69, 9.17) is 0 Å². The predicted molar refractivity (Wildman–Crippen MR) is 105 cm³/mol. The van der Waals surface area contributed by atoms with E-state index in [0.29, 0.717) is 5.69 Å².